The Hall–Kier alpha value is -2.16. The fourth-order valence-corrected chi connectivity index (χ4v) is 2.76. The van der Waals surface area contributed by atoms with E-state index in [1.807, 2.05) is 0 Å². The molecular formula is C19H18O2. The number of benzene rings is 4. The molecule has 0 heterocycles. The van der Waals surface area contributed by atoms with Gasteiger partial charge in [0.1, 0.15) is 0 Å². The molecular weight excluding hydrogens is 260 g/mol. The summed E-state index contributed by atoms with van der Waals surface area (Å²) >= 11 is 0. The third-order valence-corrected chi connectivity index (χ3v) is 3.69. The van der Waals surface area contributed by atoms with Crippen LogP contribution in [0.5, 0.6) is 0 Å². The molecule has 0 bridgehead atoms. The second-order valence-electron chi connectivity index (χ2n) is 5.01. The van der Waals surface area contributed by atoms with Gasteiger partial charge in [0.15, 0.2) is 0 Å². The van der Waals surface area contributed by atoms with Gasteiger partial charge in [-0.05, 0) is 32.3 Å². The summed E-state index contributed by atoms with van der Waals surface area (Å²) in [6.45, 7) is 0.566. The minimum Gasteiger partial charge on any atom is -0.394 e. The van der Waals surface area contributed by atoms with Crippen molar-refractivity contribution in [3.05, 3.63) is 60.7 Å². The second kappa shape index (κ2) is 6.08. The molecule has 0 radical (unpaired) electrons. The molecule has 4 aromatic rings. The monoisotopic (exact) mass is 278 g/mol. The molecule has 1 N–H and O–H groups in total. The average molecular weight is 278 g/mol. The molecule has 2 heteroatoms. The Bertz CT molecular complexity index is 720. The van der Waals surface area contributed by atoms with Crippen LogP contribution in [-0.2, 0) is 4.74 Å². The predicted molar refractivity (Wildman–Crippen MR) is 89.1 cm³/mol. The largest absolute Gasteiger partial charge is 0.394 e. The molecule has 21 heavy (non-hydrogen) atoms. The van der Waals surface area contributed by atoms with E-state index in [0.717, 1.165) is 0 Å². The van der Waals surface area contributed by atoms with Crippen LogP contribution in [0.25, 0.3) is 32.3 Å². The van der Waals surface area contributed by atoms with Crippen molar-refractivity contribution in [2.75, 3.05) is 20.3 Å². The molecule has 2 nitrogen and oxygen atoms in total. The van der Waals surface area contributed by atoms with Crippen LogP contribution in [0.1, 0.15) is 0 Å². The van der Waals surface area contributed by atoms with Crippen molar-refractivity contribution in [1.29, 1.82) is 0 Å². The van der Waals surface area contributed by atoms with E-state index < -0.39 is 0 Å². The molecule has 4 aromatic carbocycles. The summed E-state index contributed by atoms with van der Waals surface area (Å²) in [5, 5.41) is 16.1. The number of ether oxygens (including phenoxy) is 1. The molecule has 0 spiro atoms. The third kappa shape index (κ3) is 2.56. The van der Waals surface area contributed by atoms with Crippen LogP contribution < -0.4 is 0 Å². The first-order valence-electron chi connectivity index (χ1n) is 7.07. The smallest absolute Gasteiger partial charge is 0.0693 e. The van der Waals surface area contributed by atoms with Crippen LogP contribution in [0, 0.1) is 0 Å². The van der Waals surface area contributed by atoms with Crippen LogP contribution >= 0.6 is 0 Å². The summed E-state index contributed by atoms with van der Waals surface area (Å²) in [5.74, 6) is 0. The number of hydrogen-bond donors (Lipinski definition) is 1. The lowest BCUT2D eigenvalue weighted by atomic mass is 9.95. The standard InChI is InChI=1S/C16H10.C3H8O2/c1-3-11-7-9-13-5-2-6-14-10-8-12(4-1)15(11)16(13)14;1-5-3-2-4/h1-10H;4H,2-3H2,1H3. The van der Waals surface area contributed by atoms with Crippen molar-refractivity contribution < 1.29 is 9.84 Å². The van der Waals surface area contributed by atoms with Crippen LogP contribution in [-0.4, -0.2) is 25.4 Å². The molecule has 0 aromatic heterocycles. The maximum absolute atomic E-state index is 7.94. The van der Waals surface area contributed by atoms with E-state index in [9.17, 15) is 0 Å². The van der Waals surface area contributed by atoms with Gasteiger partial charge in [0, 0.05) is 7.11 Å². The average Bonchev–Trinajstić information content (AvgIpc) is 2.54. The van der Waals surface area contributed by atoms with Crippen LogP contribution in [0.2, 0.25) is 0 Å². The molecule has 0 aliphatic rings. The molecule has 0 aliphatic heterocycles. The molecule has 0 saturated carbocycles. The molecule has 0 unspecified atom stereocenters. The van der Waals surface area contributed by atoms with Gasteiger partial charge in [0.25, 0.3) is 0 Å². The predicted octanol–water partition coefficient (Wildman–Crippen LogP) is 4.21. The normalized spacial score (nSPS) is 11.0. The van der Waals surface area contributed by atoms with Crippen molar-refractivity contribution in [3.8, 4) is 0 Å². The molecule has 106 valence electrons. The lowest BCUT2D eigenvalue weighted by molar-refractivity contribution is 0.135. The number of aliphatic hydroxyl groups is 1. The maximum Gasteiger partial charge on any atom is 0.0693 e. The molecule has 0 aliphatic carbocycles. The second-order valence-corrected chi connectivity index (χ2v) is 5.01. The maximum atomic E-state index is 7.94. The zero-order chi connectivity index (χ0) is 14.7. The zero-order valence-corrected chi connectivity index (χ0v) is 12.0. The van der Waals surface area contributed by atoms with Crippen molar-refractivity contribution in [2.45, 2.75) is 0 Å². The van der Waals surface area contributed by atoms with Gasteiger partial charge in [-0.15, -0.1) is 0 Å². The number of aliphatic hydroxyl groups excluding tert-OH is 1. The van der Waals surface area contributed by atoms with Gasteiger partial charge in [-0.25, -0.2) is 0 Å². The van der Waals surface area contributed by atoms with Crippen LogP contribution in [0.4, 0.5) is 0 Å². The quantitative estimate of drug-likeness (QED) is 0.557. The van der Waals surface area contributed by atoms with E-state index >= 15 is 0 Å². The minimum absolute atomic E-state index is 0.122. The van der Waals surface area contributed by atoms with E-state index in [1.165, 1.54) is 32.3 Å². The first kappa shape index (κ1) is 13.8. The third-order valence-electron chi connectivity index (χ3n) is 3.69. The van der Waals surface area contributed by atoms with Gasteiger partial charge in [-0.3, -0.25) is 0 Å². The lowest BCUT2D eigenvalue weighted by Gasteiger charge is -2.09. The fraction of sp³-hybridized carbons (Fsp3) is 0.158. The summed E-state index contributed by atoms with van der Waals surface area (Å²) < 4.78 is 4.44. The minimum atomic E-state index is 0.122. The summed E-state index contributed by atoms with van der Waals surface area (Å²) in [6.07, 6.45) is 0. The van der Waals surface area contributed by atoms with Gasteiger partial charge in [-0.1, -0.05) is 60.7 Å². The van der Waals surface area contributed by atoms with Gasteiger partial charge in [-0.2, -0.15) is 0 Å². The van der Waals surface area contributed by atoms with Crippen molar-refractivity contribution in [1.82, 2.24) is 0 Å². The summed E-state index contributed by atoms with van der Waals surface area (Å²) in [4.78, 5) is 0. The van der Waals surface area contributed by atoms with Gasteiger partial charge in [0.2, 0.25) is 0 Å². The van der Waals surface area contributed by atoms with Gasteiger partial charge in [0.05, 0.1) is 13.2 Å². The Morgan fingerprint density at radius 1 is 0.714 bits per heavy atom. The van der Waals surface area contributed by atoms with E-state index in [0.29, 0.717) is 6.61 Å². The zero-order valence-electron chi connectivity index (χ0n) is 12.0. The molecule has 0 atom stereocenters. The fourth-order valence-electron chi connectivity index (χ4n) is 2.76. The van der Waals surface area contributed by atoms with Crippen LogP contribution in [0.15, 0.2) is 60.7 Å². The van der Waals surface area contributed by atoms with E-state index in [4.69, 9.17) is 5.11 Å². The Morgan fingerprint density at radius 3 is 1.33 bits per heavy atom. The van der Waals surface area contributed by atoms with Crippen molar-refractivity contribution in [3.63, 3.8) is 0 Å². The Balaban J connectivity index is 0.000000233. The summed E-state index contributed by atoms with van der Waals surface area (Å²) in [7, 11) is 1.55. The van der Waals surface area contributed by atoms with E-state index in [2.05, 4.69) is 65.4 Å². The molecule has 0 saturated heterocycles. The number of rotatable bonds is 2. The summed E-state index contributed by atoms with van der Waals surface area (Å²) in [6, 6.07) is 21.9. The Kier molecular flexibility index (Phi) is 4.00. The Morgan fingerprint density at radius 2 is 1.10 bits per heavy atom. The van der Waals surface area contributed by atoms with E-state index in [-0.39, 0.29) is 6.61 Å². The lowest BCUT2D eigenvalue weighted by Crippen LogP contribution is -1.91. The highest BCUT2D eigenvalue weighted by atomic mass is 16.5. The van der Waals surface area contributed by atoms with Crippen molar-refractivity contribution in [2.24, 2.45) is 0 Å². The molecule has 0 fully saturated rings. The van der Waals surface area contributed by atoms with E-state index in [1.54, 1.807) is 7.11 Å². The van der Waals surface area contributed by atoms with Crippen molar-refractivity contribution >= 4 is 32.3 Å². The highest BCUT2D eigenvalue weighted by Crippen LogP contribution is 2.33. The topological polar surface area (TPSA) is 29.5 Å². The highest BCUT2D eigenvalue weighted by molar-refractivity contribution is 6.22. The first-order chi connectivity index (χ1) is 10.3. The summed E-state index contributed by atoms with van der Waals surface area (Å²) in [5.41, 5.74) is 0. The molecule has 0 amide bonds. The van der Waals surface area contributed by atoms with Crippen LogP contribution in [0.3, 0.4) is 0 Å². The molecule has 4 rings (SSSR count). The van der Waals surface area contributed by atoms with Gasteiger partial charge < -0.3 is 9.84 Å². The number of hydrogen-bond acceptors (Lipinski definition) is 2. The highest BCUT2D eigenvalue weighted by Gasteiger charge is 2.05. The van der Waals surface area contributed by atoms with Gasteiger partial charge >= 0.3 is 0 Å². The SMILES string of the molecule is COCCO.c1cc2ccc3cccc4ccc(c1)c2c34. The Labute approximate surface area is 123 Å². The first-order valence-corrected chi connectivity index (χ1v) is 7.07. The number of methoxy groups -OCH3 is 1.